The topological polar surface area (TPSA) is 81.2 Å². The van der Waals surface area contributed by atoms with Crippen molar-refractivity contribution in [1.82, 2.24) is 0 Å². The molecule has 2 aliphatic rings. The zero-order valence-corrected chi connectivity index (χ0v) is 19.7. The molecule has 6 rings (SSSR count). The highest BCUT2D eigenvalue weighted by Gasteiger charge is 2.26. The molecule has 0 saturated carbocycles. The van der Waals surface area contributed by atoms with E-state index in [1.54, 1.807) is 0 Å². The summed E-state index contributed by atoms with van der Waals surface area (Å²) in [6.45, 7) is 1.02. The van der Waals surface area contributed by atoms with E-state index in [9.17, 15) is 0 Å². The number of nitrogen functional groups attached to an aromatic ring is 1. The summed E-state index contributed by atoms with van der Waals surface area (Å²) >= 11 is 0. The molecule has 4 aromatic rings. The van der Waals surface area contributed by atoms with Gasteiger partial charge in [0.15, 0.2) is 0 Å². The van der Waals surface area contributed by atoms with Crippen LogP contribution in [0.2, 0.25) is 0 Å². The molecule has 0 unspecified atom stereocenters. The molecule has 2 atom stereocenters. The zero-order chi connectivity index (χ0) is 24.3. The predicted molar refractivity (Wildman–Crippen MR) is 144 cm³/mol. The number of ether oxygens (including phenoxy) is 2. The van der Waals surface area contributed by atoms with E-state index in [1.165, 1.54) is 0 Å². The number of nitrogens with two attached hydrogens (primary N) is 1. The summed E-state index contributed by atoms with van der Waals surface area (Å²) in [6.07, 6.45) is 0. The maximum absolute atomic E-state index is 6.16. The van der Waals surface area contributed by atoms with Crippen LogP contribution in [0.4, 0.5) is 17.1 Å². The molecular formula is C30H26N4O2. The quantitative estimate of drug-likeness (QED) is 0.334. The van der Waals surface area contributed by atoms with Gasteiger partial charge in [-0.3, -0.25) is 0 Å². The summed E-state index contributed by atoms with van der Waals surface area (Å²) in [6, 6.07) is 34.1. The van der Waals surface area contributed by atoms with E-state index in [4.69, 9.17) is 25.2 Å². The molecule has 0 radical (unpaired) electrons. The Bertz CT molecular complexity index is 1430. The van der Waals surface area contributed by atoms with Crippen molar-refractivity contribution in [1.29, 1.82) is 0 Å². The van der Waals surface area contributed by atoms with Crippen molar-refractivity contribution in [3.8, 4) is 0 Å². The molecule has 0 bridgehead atoms. The van der Waals surface area contributed by atoms with Crippen LogP contribution in [-0.4, -0.2) is 25.0 Å². The molecule has 2 heterocycles. The van der Waals surface area contributed by atoms with Crippen molar-refractivity contribution in [3.05, 3.63) is 125 Å². The molecule has 0 fully saturated rings. The number of nitrogens with zero attached hydrogens (tertiary/aromatic N) is 2. The summed E-state index contributed by atoms with van der Waals surface area (Å²) in [5, 5.41) is 3.55. The molecule has 0 amide bonds. The number of benzene rings is 4. The molecule has 178 valence electrons. The molecular weight excluding hydrogens is 448 g/mol. The van der Waals surface area contributed by atoms with Crippen molar-refractivity contribution in [2.45, 2.75) is 12.1 Å². The molecule has 2 aliphatic heterocycles. The Balaban J connectivity index is 1.31. The van der Waals surface area contributed by atoms with Gasteiger partial charge in [-0.1, -0.05) is 72.8 Å². The highest BCUT2D eigenvalue weighted by Crippen LogP contribution is 2.33. The van der Waals surface area contributed by atoms with E-state index in [0.717, 1.165) is 33.6 Å². The Morgan fingerprint density at radius 2 is 1.14 bits per heavy atom. The van der Waals surface area contributed by atoms with Gasteiger partial charge in [0.25, 0.3) is 0 Å². The van der Waals surface area contributed by atoms with Crippen molar-refractivity contribution in [3.63, 3.8) is 0 Å². The van der Waals surface area contributed by atoms with Crippen LogP contribution in [0.3, 0.4) is 0 Å². The average molecular weight is 475 g/mol. The first kappa shape index (κ1) is 21.9. The summed E-state index contributed by atoms with van der Waals surface area (Å²) in [5.74, 6) is 1.21. The number of rotatable bonds is 6. The Morgan fingerprint density at radius 1 is 0.611 bits per heavy atom. The third-order valence-corrected chi connectivity index (χ3v) is 6.37. The summed E-state index contributed by atoms with van der Waals surface area (Å²) in [5.41, 5.74) is 12.5. The molecule has 0 aliphatic carbocycles. The number of para-hydroxylation sites is 1. The van der Waals surface area contributed by atoms with Gasteiger partial charge in [0.2, 0.25) is 11.8 Å². The first-order valence-electron chi connectivity index (χ1n) is 12.0. The van der Waals surface area contributed by atoms with Crippen LogP contribution in [0, 0.1) is 0 Å². The number of aliphatic imine (C=N–C) groups is 2. The van der Waals surface area contributed by atoms with Crippen molar-refractivity contribution < 1.29 is 9.47 Å². The maximum atomic E-state index is 6.16. The van der Waals surface area contributed by atoms with Crippen LogP contribution in [0.15, 0.2) is 113 Å². The van der Waals surface area contributed by atoms with E-state index < -0.39 is 0 Å². The number of nitrogens with one attached hydrogen (secondary N) is 1. The Kier molecular flexibility index (Phi) is 5.83. The second-order valence-corrected chi connectivity index (χ2v) is 8.82. The van der Waals surface area contributed by atoms with E-state index in [-0.39, 0.29) is 12.1 Å². The monoisotopic (exact) mass is 474 g/mol. The first-order chi connectivity index (χ1) is 17.7. The highest BCUT2D eigenvalue weighted by atomic mass is 16.5. The first-order valence-corrected chi connectivity index (χ1v) is 12.0. The SMILES string of the molecule is Nc1ccc(Nc2ccccc2C2=N[C@H](c3ccccc3)CO2)c(C2=N[C@H](c3ccccc3)CO2)c1. The lowest BCUT2D eigenvalue weighted by molar-refractivity contribution is 0.320. The van der Waals surface area contributed by atoms with E-state index in [0.29, 0.717) is 30.7 Å². The van der Waals surface area contributed by atoms with E-state index in [1.807, 2.05) is 78.9 Å². The lowest BCUT2D eigenvalue weighted by Gasteiger charge is -2.15. The highest BCUT2D eigenvalue weighted by molar-refractivity contribution is 6.04. The Hall–Kier alpha value is -4.58. The predicted octanol–water partition coefficient (Wildman–Crippen LogP) is 6.05. The molecule has 0 spiro atoms. The van der Waals surface area contributed by atoms with E-state index in [2.05, 4.69) is 29.6 Å². The van der Waals surface area contributed by atoms with Crippen LogP contribution < -0.4 is 11.1 Å². The molecule has 36 heavy (non-hydrogen) atoms. The van der Waals surface area contributed by atoms with Gasteiger partial charge in [0.05, 0.1) is 22.5 Å². The van der Waals surface area contributed by atoms with Crippen molar-refractivity contribution >= 4 is 28.9 Å². The third-order valence-electron chi connectivity index (χ3n) is 6.37. The van der Waals surface area contributed by atoms with Crippen LogP contribution in [0.25, 0.3) is 0 Å². The van der Waals surface area contributed by atoms with Gasteiger partial charge in [-0.05, 0) is 41.5 Å². The van der Waals surface area contributed by atoms with Gasteiger partial charge < -0.3 is 20.5 Å². The van der Waals surface area contributed by atoms with Crippen molar-refractivity contribution in [2.75, 3.05) is 24.3 Å². The maximum Gasteiger partial charge on any atom is 0.219 e. The minimum Gasteiger partial charge on any atom is -0.475 e. The minimum atomic E-state index is -0.0427. The largest absolute Gasteiger partial charge is 0.475 e. The standard InChI is InChI=1S/C30H26N4O2/c31-22-15-16-26(24(17-22)30-34-28(19-36-30)21-11-5-2-6-12-21)32-25-14-8-7-13-23(25)29-33-27(18-35-29)20-9-3-1-4-10-20/h1-17,27-28,32H,18-19,31H2/t27-,28-/m0/s1. The summed E-state index contributed by atoms with van der Waals surface area (Å²) < 4.78 is 12.1. The average Bonchev–Trinajstić information content (AvgIpc) is 3.62. The van der Waals surface area contributed by atoms with Gasteiger partial charge in [0, 0.05) is 5.69 Å². The van der Waals surface area contributed by atoms with Gasteiger partial charge in [-0.15, -0.1) is 0 Å². The number of anilines is 3. The van der Waals surface area contributed by atoms with Crippen LogP contribution in [0.5, 0.6) is 0 Å². The fourth-order valence-corrected chi connectivity index (χ4v) is 4.51. The van der Waals surface area contributed by atoms with Crippen molar-refractivity contribution in [2.24, 2.45) is 9.98 Å². The van der Waals surface area contributed by atoms with Crippen LogP contribution in [0.1, 0.15) is 34.3 Å². The molecule has 6 heteroatoms. The van der Waals surface area contributed by atoms with Crippen LogP contribution >= 0.6 is 0 Å². The molecule has 0 aromatic heterocycles. The van der Waals surface area contributed by atoms with Gasteiger partial charge in [-0.2, -0.15) is 0 Å². The summed E-state index contributed by atoms with van der Waals surface area (Å²) in [7, 11) is 0. The van der Waals surface area contributed by atoms with Gasteiger partial charge >= 0.3 is 0 Å². The normalized spacial score (nSPS) is 18.7. The zero-order valence-electron chi connectivity index (χ0n) is 19.7. The smallest absolute Gasteiger partial charge is 0.219 e. The van der Waals surface area contributed by atoms with Crippen LogP contribution in [-0.2, 0) is 9.47 Å². The number of hydrogen-bond acceptors (Lipinski definition) is 6. The fraction of sp³-hybridized carbons (Fsp3) is 0.133. The molecule has 4 aromatic carbocycles. The Labute approximate surface area is 210 Å². The van der Waals surface area contributed by atoms with E-state index >= 15 is 0 Å². The third kappa shape index (κ3) is 4.41. The molecule has 3 N–H and O–H groups in total. The second kappa shape index (κ2) is 9.58. The summed E-state index contributed by atoms with van der Waals surface area (Å²) in [4.78, 5) is 9.74. The second-order valence-electron chi connectivity index (χ2n) is 8.82. The lowest BCUT2D eigenvalue weighted by Crippen LogP contribution is -2.09. The lowest BCUT2D eigenvalue weighted by atomic mass is 10.1. The minimum absolute atomic E-state index is 0.0162. The van der Waals surface area contributed by atoms with Gasteiger partial charge in [-0.25, -0.2) is 9.98 Å². The molecule has 0 saturated heterocycles. The Morgan fingerprint density at radius 3 is 1.78 bits per heavy atom. The fourth-order valence-electron chi connectivity index (χ4n) is 4.51. The number of hydrogen-bond donors (Lipinski definition) is 2. The van der Waals surface area contributed by atoms with Gasteiger partial charge in [0.1, 0.15) is 25.3 Å². The molecule has 6 nitrogen and oxygen atoms in total.